The lowest BCUT2D eigenvalue weighted by Crippen LogP contribution is -2.24. The van der Waals surface area contributed by atoms with Crippen molar-refractivity contribution < 1.29 is 14.3 Å². The Bertz CT molecular complexity index is 1240. The molecule has 1 fully saturated rings. The van der Waals surface area contributed by atoms with E-state index in [9.17, 15) is 9.59 Å². The predicted molar refractivity (Wildman–Crippen MR) is 126 cm³/mol. The molecule has 9 heteroatoms. The maximum absolute atomic E-state index is 12.1. The molecule has 3 aromatic rings. The number of aromatic nitrogens is 2. The van der Waals surface area contributed by atoms with Crippen LogP contribution in [0.3, 0.4) is 0 Å². The summed E-state index contributed by atoms with van der Waals surface area (Å²) in [5, 5.41) is 8.44. The molecule has 1 aromatic carbocycles. The first-order valence-corrected chi connectivity index (χ1v) is 10.8. The molecule has 0 bridgehead atoms. The molecule has 3 amide bonds. The van der Waals surface area contributed by atoms with E-state index in [1.807, 2.05) is 42.3 Å². The van der Waals surface area contributed by atoms with Crippen molar-refractivity contribution in [3.8, 4) is 16.9 Å². The fourth-order valence-electron chi connectivity index (χ4n) is 4.19. The van der Waals surface area contributed by atoms with Crippen LogP contribution in [0.5, 0.6) is 5.75 Å². The van der Waals surface area contributed by atoms with Crippen LogP contribution in [0, 0.1) is 0 Å². The highest BCUT2D eigenvalue weighted by Gasteiger charge is 2.27. The van der Waals surface area contributed by atoms with Crippen molar-refractivity contribution in [3.63, 3.8) is 0 Å². The van der Waals surface area contributed by atoms with E-state index >= 15 is 0 Å². The summed E-state index contributed by atoms with van der Waals surface area (Å²) in [6.07, 6.45) is 6.35. The maximum atomic E-state index is 12.1. The minimum Gasteiger partial charge on any atom is -0.485 e. The Hall–Kier alpha value is -4.14. The third-order valence-corrected chi connectivity index (χ3v) is 5.81. The first-order valence-electron chi connectivity index (χ1n) is 10.8. The number of amides is 3. The molecule has 2 aliphatic heterocycles. The SMILES string of the molecule is CNC(=O)Nc1cncc(Nc2cc3c(cn2)-c2ccc(N4CCCC4=O)cc2O[C@H]3C)c1. The fraction of sp³-hybridized carbons (Fsp3) is 0.250. The van der Waals surface area contributed by atoms with Gasteiger partial charge in [0.25, 0.3) is 0 Å². The summed E-state index contributed by atoms with van der Waals surface area (Å²) < 4.78 is 6.21. The normalized spacial score (nSPS) is 16.5. The van der Waals surface area contributed by atoms with E-state index in [0.29, 0.717) is 23.6 Å². The third-order valence-electron chi connectivity index (χ3n) is 5.81. The first-order chi connectivity index (χ1) is 16.0. The summed E-state index contributed by atoms with van der Waals surface area (Å²) in [5.41, 5.74) is 5.10. The summed E-state index contributed by atoms with van der Waals surface area (Å²) in [6.45, 7) is 2.74. The van der Waals surface area contributed by atoms with Crippen molar-refractivity contribution in [2.45, 2.75) is 25.9 Å². The molecule has 3 N–H and O–H groups in total. The van der Waals surface area contributed by atoms with Crippen LogP contribution < -0.4 is 25.6 Å². The Balaban J connectivity index is 1.41. The molecule has 5 rings (SSSR count). The quantitative estimate of drug-likeness (QED) is 0.556. The second kappa shape index (κ2) is 8.42. The summed E-state index contributed by atoms with van der Waals surface area (Å²) in [6, 6.07) is 9.32. The molecule has 2 aliphatic rings. The Morgan fingerprint density at radius 2 is 1.97 bits per heavy atom. The van der Waals surface area contributed by atoms with Gasteiger partial charge in [-0.15, -0.1) is 0 Å². The molecule has 33 heavy (non-hydrogen) atoms. The Kier molecular flexibility index (Phi) is 5.29. The van der Waals surface area contributed by atoms with Gasteiger partial charge in [0.1, 0.15) is 17.7 Å². The summed E-state index contributed by atoms with van der Waals surface area (Å²) >= 11 is 0. The molecule has 0 unspecified atom stereocenters. The zero-order valence-electron chi connectivity index (χ0n) is 18.4. The number of hydrogen-bond donors (Lipinski definition) is 3. The minimum absolute atomic E-state index is 0.153. The van der Waals surface area contributed by atoms with Gasteiger partial charge < -0.3 is 25.6 Å². The first kappa shape index (κ1) is 20.7. The third kappa shape index (κ3) is 4.05. The second-order valence-corrected chi connectivity index (χ2v) is 8.04. The monoisotopic (exact) mass is 444 g/mol. The van der Waals surface area contributed by atoms with Crippen LogP contribution in [0.2, 0.25) is 0 Å². The Morgan fingerprint density at radius 3 is 2.76 bits per heavy atom. The topological polar surface area (TPSA) is 108 Å². The van der Waals surface area contributed by atoms with Crippen LogP contribution in [0.15, 0.2) is 48.9 Å². The van der Waals surface area contributed by atoms with Crippen molar-refractivity contribution in [2.75, 3.05) is 29.1 Å². The van der Waals surface area contributed by atoms with E-state index in [1.54, 1.807) is 25.5 Å². The van der Waals surface area contributed by atoms with Gasteiger partial charge >= 0.3 is 6.03 Å². The Labute approximate surface area is 191 Å². The van der Waals surface area contributed by atoms with Gasteiger partial charge in [-0.3, -0.25) is 9.78 Å². The van der Waals surface area contributed by atoms with Crippen LogP contribution in [0.25, 0.3) is 11.1 Å². The van der Waals surface area contributed by atoms with Gasteiger partial charge in [-0.1, -0.05) is 0 Å². The van der Waals surface area contributed by atoms with E-state index in [2.05, 4.69) is 25.9 Å². The zero-order chi connectivity index (χ0) is 22.9. The lowest BCUT2D eigenvalue weighted by molar-refractivity contribution is -0.117. The second-order valence-electron chi connectivity index (χ2n) is 8.04. The average molecular weight is 444 g/mol. The van der Waals surface area contributed by atoms with Gasteiger partial charge in [-0.2, -0.15) is 0 Å². The number of rotatable bonds is 4. The van der Waals surface area contributed by atoms with E-state index in [-0.39, 0.29) is 18.0 Å². The summed E-state index contributed by atoms with van der Waals surface area (Å²) in [5.74, 6) is 1.55. The van der Waals surface area contributed by atoms with Crippen molar-refractivity contribution in [1.82, 2.24) is 15.3 Å². The van der Waals surface area contributed by atoms with Crippen LogP contribution in [0.1, 0.15) is 31.4 Å². The van der Waals surface area contributed by atoms with Gasteiger partial charge in [0.05, 0.1) is 23.8 Å². The highest BCUT2D eigenvalue weighted by molar-refractivity contribution is 5.96. The molecule has 0 radical (unpaired) electrons. The minimum atomic E-state index is -0.317. The Morgan fingerprint density at radius 1 is 1.12 bits per heavy atom. The number of pyridine rings is 2. The highest BCUT2D eigenvalue weighted by Crippen LogP contribution is 2.44. The number of ether oxygens (including phenoxy) is 1. The number of nitrogens with zero attached hydrogens (tertiary/aromatic N) is 3. The summed E-state index contributed by atoms with van der Waals surface area (Å²) in [4.78, 5) is 34.2. The maximum Gasteiger partial charge on any atom is 0.319 e. The number of benzene rings is 1. The number of fused-ring (bicyclic) bond motifs is 3. The van der Waals surface area contributed by atoms with Crippen molar-refractivity contribution in [2.24, 2.45) is 0 Å². The molecular weight excluding hydrogens is 420 g/mol. The van der Waals surface area contributed by atoms with E-state index in [1.165, 1.54) is 0 Å². The highest BCUT2D eigenvalue weighted by atomic mass is 16.5. The number of nitrogens with one attached hydrogen (secondary N) is 3. The number of urea groups is 1. The number of carbonyl (C=O) groups excluding carboxylic acids is 2. The molecule has 0 spiro atoms. The van der Waals surface area contributed by atoms with Crippen LogP contribution in [-0.2, 0) is 4.79 Å². The standard InChI is InChI=1S/C24H24N6O3/c1-14-19-10-22(28-15-8-16(12-26-11-15)29-24(32)25-2)27-13-20(19)18-6-5-17(9-21(18)33-14)30-7-3-4-23(30)31/h5-6,8-14H,3-4,7H2,1-2H3,(H,27,28)(H2,25,29,32)/t14-/m0/s1. The number of carbonyl (C=O) groups is 2. The predicted octanol–water partition coefficient (Wildman–Crippen LogP) is 4.22. The molecule has 4 heterocycles. The van der Waals surface area contributed by atoms with E-state index in [4.69, 9.17) is 4.74 Å². The fourth-order valence-corrected chi connectivity index (χ4v) is 4.19. The van der Waals surface area contributed by atoms with Crippen molar-refractivity contribution in [3.05, 3.63) is 54.5 Å². The van der Waals surface area contributed by atoms with Crippen LogP contribution >= 0.6 is 0 Å². The molecule has 168 valence electrons. The molecule has 1 atom stereocenters. The van der Waals surface area contributed by atoms with Gasteiger partial charge in [0.2, 0.25) is 5.91 Å². The molecule has 1 saturated heterocycles. The zero-order valence-corrected chi connectivity index (χ0v) is 18.4. The molecule has 2 aromatic heterocycles. The van der Waals surface area contributed by atoms with Crippen LogP contribution in [-0.4, -0.2) is 35.5 Å². The van der Waals surface area contributed by atoms with E-state index in [0.717, 1.165) is 41.1 Å². The van der Waals surface area contributed by atoms with Crippen molar-refractivity contribution >= 4 is 34.8 Å². The van der Waals surface area contributed by atoms with Gasteiger partial charge in [0, 0.05) is 54.7 Å². The van der Waals surface area contributed by atoms with Crippen LogP contribution in [0.4, 0.5) is 27.7 Å². The molecule has 0 saturated carbocycles. The smallest absolute Gasteiger partial charge is 0.319 e. The number of anilines is 4. The molecule has 0 aliphatic carbocycles. The lowest BCUT2D eigenvalue weighted by atomic mass is 9.94. The average Bonchev–Trinajstić information content (AvgIpc) is 3.25. The molecular formula is C24H24N6O3. The van der Waals surface area contributed by atoms with Crippen molar-refractivity contribution in [1.29, 1.82) is 0 Å². The molecule has 9 nitrogen and oxygen atoms in total. The largest absolute Gasteiger partial charge is 0.485 e. The van der Waals surface area contributed by atoms with Gasteiger partial charge in [0.15, 0.2) is 0 Å². The lowest BCUT2D eigenvalue weighted by Gasteiger charge is -2.28. The number of hydrogen-bond acceptors (Lipinski definition) is 6. The summed E-state index contributed by atoms with van der Waals surface area (Å²) in [7, 11) is 1.55. The van der Waals surface area contributed by atoms with E-state index < -0.39 is 0 Å². The van der Waals surface area contributed by atoms with Gasteiger partial charge in [-0.05, 0) is 37.6 Å². The van der Waals surface area contributed by atoms with Gasteiger partial charge in [-0.25, -0.2) is 9.78 Å².